The van der Waals surface area contributed by atoms with Crippen molar-refractivity contribution < 1.29 is 8.78 Å². The van der Waals surface area contributed by atoms with E-state index in [4.69, 9.17) is 0 Å². The van der Waals surface area contributed by atoms with E-state index in [1.54, 1.807) is 0 Å². The van der Waals surface area contributed by atoms with Crippen molar-refractivity contribution in [3.05, 3.63) is 28.2 Å². The molecule has 1 nitrogen and oxygen atoms in total. The Morgan fingerprint density at radius 2 is 1.88 bits per heavy atom. The van der Waals surface area contributed by atoms with E-state index in [9.17, 15) is 8.78 Å². The van der Waals surface area contributed by atoms with Gasteiger partial charge in [0.15, 0.2) is 0 Å². The minimum Gasteiger partial charge on any atom is -0.383 e. The van der Waals surface area contributed by atoms with Crippen molar-refractivity contribution in [3.8, 4) is 0 Å². The van der Waals surface area contributed by atoms with Gasteiger partial charge in [0.25, 0.3) is 0 Å². The number of hydrogen-bond donors (Lipinski definition) is 1. The Bertz CT molecular complexity index is 389. The van der Waals surface area contributed by atoms with E-state index in [0.29, 0.717) is 6.54 Å². The Morgan fingerprint density at radius 1 is 1.18 bits per heavy atom. The lowest BCUT2D eigenvalue weighted by atomic mass is 10.0. The molecule has 4 heteroatoms. The van der Waals surface area contributed by atoms with Crippen molar-refractivity contribution in [1.29, 1.82) is 0 Å². The molecule has 0 unspecified atom stereocenters. The van der Waals surface area contributed by atoms with E-state index in [-0.39, 0.29) is 10.2 Å². The molecule has 0 heterocycles. The summed E-state index contributed by atoms with van der Waals surface area (Å²) in [4.78, 5) is 0. The summed E-state index contributed by atoms with van der Waals surface area (Å²) in [6, 6.07) is 2.36. The minimum atomic E-state index is -0.435. The largest absolute Gasteiger partial charge is 0.383 e. The number of halogens is 3. The lowest BCUT2D eigenvalue weighted by Gasteiger charge is -2.11. The van der Waals surface area contributed by atoms with Gasteiger partial charge in [0, 0.05) is 12.6 Å². The van der Waals surface area contributed by atoms with Crippen LogP contribution in [0.2, 0.25) is 0 Å². The summed E-state index contributed by atoms with van der Waals surface area (Å²) >= 11 is 2.96. The van der Waals surface area contributed by atoms with Gasteiger partial charge < -0.3 is 5.32 Å². The van der Waals surface area contributed by atoms with E-state index in [1.807, 2.05) is 0 Å². The lowest BCUT2D eigenvalue weighted by molar-refractivity contribution is 0.517. The van der Waals surface area contributed by atoms with E-state index in [2.05, 4.69) is 21.2 Å². The van der Waals surface area contributed by atoms with Crippen molar-refractivity contribution in [2.75, 3.05) is 11.9 Å². The minimum absolute atomic E-state index is 0.163. The Balaban J connectivity index is 1.87. The summed E-state index contributed by atoms with van der Waals surface area (Å²) in [6.45, 7) is 0.711. The van der Waals surface area contributed by atoms with Crippen molar-refractivity contribution in [3.63, 3.8) is 0 Å². The molecule has 2 rings (SSSR count). The maximum atomic E-state index is 13.5. The van der Waals surface area contributed by atoms with Crippen LogP contribution in [0.5, 0.6) is 0 Å². The second-order valence-corrected chi connectivity index (χ2v) is 5.47. The van der Waals surface area contributed by atoms with Gasteiger partial charge in [-0.2, -0.15) is 0 Å². The van der Waals surface area contributed by atoms with E-state index >= 15 is 0 Å². The Morgan fingerprint density at radius 3 is 2.59 bits per heavy atom. The van der Waals surface area contributed by atoms with Crippen LogP contribution in [0.1, 0.15) is 32.1 Å². The molecule has 94 valence electrons. The number of nitrogens with one attached hydrogen (secondary N) is 1. The third-order valence-corrected chi connectivity index (χ3v) is 3.96. The normalized spacial score (nSPS) is 16.4. The Kier molecular flexibility index (Phi) is 4.37. The molecular formula is C13H16BrF2N. The SMILES string of the molecule is Fc1cc(NCCC2CCCC2)c(F)cc1Br. The smallest absolute Gasteiger partial charge is 0.147 e. The van der Waals surface area contributed by atoms with Gasteiger partial charge in [0.05, 0.1) is 10.2 Å². The highest BCUT2D eigenvalue weighted by Crippen LogP contribution is 2.28. The van der Waals surface area contributed by atoms with E-state index in [1.165, 1.54) is 31.7 Å². The highest BCUT2D eigenvalue weighted by Gasteiger charge is 2.14. The molecule has 0 amide bonds. The fraction of sp³-hybridized carbons (Fsp3) is 0.538. The number of anilines is 1. The van der Waals surface area contributed by atoms with Gasteiger partial charge in [-0.15, -0.1) is 0 Å². The van der Waals surface area contributed by atoms with Crippen LogP contribution in [0.15, 0.2) is 16.6 Å². The molecule has 1 aliphatic carbocycles. The van der Waals surface area contributed by atoms with Crippen LogP contribution in [0, 0.1) is 17.6 Å². The molecule has 1 saturated carbocycles. The van der Waals surface area contributed by atoms with Crippen molar-refractivity contribution in [2.45, 2.75) is 32.1 Å². The zero-order valence-corrected chi connectivity index (χ0v) is 11.2. The van der Waals surface area contributed by atoms with Crippen molar-refractivity contribution in [2.24, 2.45) is 5.92 Å². The average molecular weight is 304 g/mol. The van der Waals surface area contributed by atoms with Crippen LogP contribution in [0.25, 0.3) is 0 Å². The molecule has 1 N–H and O–H groups in total. The molecular weight excluding hydrogens is 288 g/mol. The maximum Gasteiger partial charge on any atom is 0.147 e. The van der Waals surface area contributed by atoms with Crippen molar-refractivity contribution in [1.82, 2.24) is 0 Å². The first-order valence-electron chi connectivity index (χ1n) is 6.05. The third-order valence-electron chi connectivity index (χ3n) is 3.35. The predicted octanol–water partition coefficient (Wildman–Crippen LogP) is 4.72. The van der Waals surface area contributed by atoms with Crippen LogP contribution >= 0.6 is 15.9 Å². The molecule has 1 aromatic carbocycles. The first-order chi connectivity index (χ1) is 8.16. The molecule has 0 atom stereocenters. The molecule has 0 aromatic heterocycles. The number of hydrogen-bond acceptors (Lipinski definition) is 1. The second-order valence-electron chi connectivity index (χ2n) is 4.61. The van der Waals surface area contributed by atoms with Gasteiger partial charge in [-0.05, 0) is 34.3 Å². The van der Waals surface area contributed by atoms with Gasteiger partial charge in [0.1, 0.15) is 11.6 Å². The van der Waals surface area contributed by atoms with Crippen LogP contribution in [-0.4, -0.2) is 6.54 Å². The predicted molar refractivity (Wildman–Crippen MR) is 69.1 cm³/mol. The molecule has 1 fully saturated rings. The lowest BCUT2D eigenvalue weighted by Crippen LogP contribution is -2.08. The second kappa shape index (κ2) is 5.80. The molecule has 17 heavy (non-hydrogen) atoms. The van der Waals surface area contributed by atoms with Crippen LogP contribution in [0.3, 0.4) is 0 Å². The number of benzene rings is 1. The first-order valence-corrected chi connectivity index (χ1v) is 6.84. The van der Waals surface area contributed by atoms with Gasteiger partial charge >= 0.3 is 0 Å². The van der Waals surface area contributed by atoms with Gasteiger partial charge in [-0.1, -0.05) is 25.7 Å². The fourth-order valence-electron chi connectivity index (χ4n) is 2.37. The fourth-order valence-corrected chi connectivity index (χ4v) is 2.68. The molecule has 0 aliphatic heterocycles. The average Bonchev–Trinajstić information content (AvgIpc) is 2.78. The summed E-state index contributed by atoms with van der Waals surface area (Å²) in [7, 11) is 0. The van der Waals surface area contributed by atoms with Crippen LogP contribution in [0.4, 0.5) is 14.5 Å². The van der Waals surface area contributed by atoms with Gasteiger partial charge in [0.2, 0.25) is 0 Å². The van der Waals surface area contributed by atoms with Gasteiger partial charge in [-0.25, -0.2) is 8.78 Å². The number of rotatable bonds is 4. The molecule has 1 aromatic rings. The highest BCUT2D eigenvalue weighted by molar-refractivity contribution is 9.10. The van der Waals surface area contributed by atoms with Crippen LogP contribution in [-0.2, 0) is 0 Å². The molecule has 0 radical (unpaired) electrons. The maximum absolute atomic E-state index is 13.5. The Hall–Kier alpha value is -0.640. The quantitative estimate of drug-likeness (QED) is 0.794. The summed E-state index contributed by atoms with van der Waals surface area (Å²) < 4.78 is 26.9. The molecule has 0 spiro atoms. The van der Waals surface area contributed by atoms with Gasteiger partial charge in [-0.3, -0.25) is 0 Å². The van der Waals surface area contributed by atoms with E-state index < -0.39 is 11.6 Å². The summed E-state index contributed by atoms with van der Waals surface area (Å²) in [5, 5.41) is 2.97. The van der Waals surface area contributed by atoms with Crippen LogP contribution < -0.4 is 5.32 Å². The zero-order chi connectivity index (χ0) is 12.3. The molecule has 1 aliphatic rings. The highest BCUT2D eigenvalue weighted by atomic mass is 79.9. The zero-order valence-electron chi connectivity index (χ0n) is 9.61. The summed E-state index contributed by atoms with van der Waals surface area (Å²) in [5.41, 5.74) is 0.253. The summed E-state index contributed by atoms with van der Waals surface area (Å²) in [6.07, 6.45) is 6.22. The third kappa shape index (κ3) is 3.41. The Labute approximate surface area is 109 Å². The standard InChI is InChI=1S/C13H16BrF2N/c14-10-7-12(16)13(8-11(10)15)17-6-5-9-3-1-2-4-9/h7-9,17H,1-6H2. The topological polar surface area (TPSA) is 12.0 Å². The monoisotopic (exact) mass is 303 g/mol. The molecule has 0 bridgehead atoms. The first kappa shape index (κ1) is 12.8. The van der Waals surface area contributed by atoms with Crippen molar-refractivity contribution >= 4 is 21.6 Å². The summed E-state index contributed by atoms with van der Waals surface area (Å²) in [5.74, 6) is -0.0923. The van der Waals surface area contributed by atoms with E-state index in [0.717, 1.165) is 18.4 Å². The molecule has 0 saturated heterocycles.